The van der Waals surface area contributed by atoms with Crippen LogP contribution in [-0.2, 0) is 0 Å². The van der Waals surface area contributed by atoms with Gasteiger partial charge in [0, 0.05) is 33.0 Å². The standard InChI is InChI=1S/C55H33N3O/c1-3-13-34(14-4-1)35-23-25-36(26-24-35)49-33-50(58-55(57-49)37-15-5-2-6-16-37)38-28-30-48-47(31-38)54-52(45-21-11-12-22-51(45)59-54)53(56-48)39-27-29-44-42-19-8-7-17-40(42)41-18-9-10-20-43(41)46(44)32-39/h1-33H. The molecule has 0 amide bonds. The number of rotatable bonds is 5. The van der Waals surface area contributed by atoms with Gasteiger partial charge in [-0.15, -0.1) is 0 Å². The van der Waals surface area contributed by atoms with Crippen molar-refractivity contribution in [3.8, 4) is 56.3 Å². The van der Waals surface area contributed by atoms with Gasteiger partial charge in [0.15, 0.2) is 5.82 Å². The van der Waals surface area contributed by atoms with Crippen molar-refractivity contribution in [2.24, 2.45) is 0 Å². The Labute approximate surface area is 339 Å². The smallest absolute Gasteiger partial charge is 0.160 e. The van der Waals surface area contributed by atoms with Gasteiger partial charge in [-0.05, 0) is 73.8 Å². The molecule has 0 aliphatic rings. The SMILES string of the molecule is c1ccc(-c2ccc(-c3cc(-c4ccc5nc(-c6ccc7c8ccccc8c8ccccc8c7c6)c6c7ccccc7oc6c5c4)nc(-c4ccccc4)n3)cc2)cc1. The van der Waals surface area contributed by atoms with Crippen LogP contribution >= 0.6 is 0 Å². The van der Waals surface area contributed by atoms with E-state index in [0.29, 0.717) is 5.82 Å². The van der Waals surface area contributed by atoms with Crippen molar-refractivity contribution in [3.05, 3.63) is 200 Å². The van der Waals surface area contributed by atoms with E-state index in [0.717, 1.165) is 77.7 Å². The maximum Gasteiger partial charge on any atom is 0.160 e. The Morgan fingerprint density at radius 2 is 0.797 bits per heavy atom. The van der Waals surface area contributed by atoms with Crippen LogP contribution in [-0.4, -0.2) is 15.0 Å². The van der Waals surface area contributed by atoms with E-state index in [4.69, 9.17) is 19.4 Å². The summed E-state index contributed by atoms with van der Waals surface area (Å²) in [7, 11) is 0. The van der Waals surface area contributed by atoms with Crippen molar-refractivity contribution in [2.45, 2.75) is 0 Å². The predicted octanol–water partition coefficient (Wildman–Crippen LogP) is 14.7. The molecule has 0 radical (unpaired) electrons. The van der Waals surface area contributed by atoms with Crippen molar-refractivity contribution in [3.63, 3.8) is 0 Å². The fourth-order valence-corrected chi connectivity index (χ4v) is 8.81. The highest BCUT2D eigenvalue weighted by Gasteiger charge is 2.20. The van der Waals surface area contributed by atoms with Crippen LogP contribution in [0.4, 0.5) is 0 Å². The van der Waals surface area contributed by atoms with Gasteiger partial charge in [-0.3, -0.25) is 0 Å². The summed E-state index contributed by atoms with van der Waals surface area (Å²) in [6.07, 6.45) is 0. The van der Waals surface area contributed by atoms with Gasteiger partial charge in [-0.25, -0.2) is 15.0 Å². The molecule has 274 valence electrons. The Bertz CT molecular complexity index is 3560. The second-order valence-electron chi connectivity index (χ2n) is 15.1. The zero-order valence-electron chi connectivity index (χ0n) is 31.8. The molecule has 0 aliphatic carbocycles. The topological polar surface area (TPSA) is 51.8 Å². The normalized spacial score (nSPS) is 11.7. The van der Waals surface area contributed by atoms with E-state index in [-0.39, 0.29) is 0 Å². The highest BCUT2D eigenvalue weighted by atomic mass is 16.3. The van der Waals surface area contributed by atoms with Crippen LogP contribution in [0.15, 0.2) is 205 Å². The van der Waals surface area contributed by atoms with Gasteiger partial charge in [-0.1, -0.05) is 170 Å². The Hall–Kier alpha value is -7.95. The monoisotopic (exact) mass is 751 g/mol. The fourth-order valence-electron chi connectivity index (χ4n) is 8.81. The molecule has 0 bridgehead atoms. The summed E-state index contributed by atoms with van der Waals surface area (Å²) < 4.78 is 6.80. The molecular formula is C55H33N3O. The zero-order valence-corrected chi connectivity index (χ0v) is 31.8. The molecule has 3 heterocycles. The highest BCUT2D eigenvalue weighted by molar-refractivity contribution is 6.26. The van der Waals surface area contributed by atoms with Crippen molar-refractivity contribution in [1.82, 2.24) is 15.0 Å². The molecular weight excluding hydrogens is 719 g/mol. The van der Waals surface area contributed by atoms with Gasteiger partial charge >= 0.3 is 0 Å². The fraction of sp³-hybridized carbons (Fsp3) is 0. The van der Waals surface area contributed by atoms with Crippen LogP contribution in [0.3, 0.4) is 0 Å². The summed E-state index contributed by atoms with van der Waals surface area (Å²) in [5.74, 6) is 0.671. The van der Waals surface area contributed by atoms with Gasteiger partial charge in [0.25, 0.3) is 0 Å². The first-order valence-electron chi connectivity index (χ1n) is 19.9. The summed E-state index contributed by atoms with van der Waals surface area (Å²) in [4.78, 5) is 15.7. The summed E-state index contributed by atoms with van der Waals surface area (Å²) in [5, 5.41) is 10.4. The molecule has 0 N–H and O–H groups in total. The van der Waals surface area contributed by atoms with Crippen LogP contribution < -0.4 is 0 Å². The quantitative estimate of drug-likeness (QED) is 0.164. The average molecular weight is 752 g/mol. The minimum Gasteiger partial charge on any atom is -0.455 e. The van der Waals surface area contributed by atoms with Crippen molar-refractivity contribution in [1.29, 1.82) is 0 Å². The second kappa shape index (κ2) is 13.3. The summed E-state index contributed by atoms with van der Waals surface area (Å²) in [6, 6.07) is 70.2. The molecule has 0 saturated carbocycles. The third-order valence-corrected chi connectivity index (χ3v) is 11.7. The third kappa shape index (κ3) is 5.49. The van der Waals surface area contributed by atoms with Crippen LogP contribution in [0.25, 0.3) is 121 Å². The lowest BCUT2D eigenvalue weighted by Gasteiger charge is -2.13. The van der Waals surface area contributed by atoms with E-state index < -0.39 is 0 Å². The Balaban J connectivity index is 1.05. The predicted molar refractivity (Wildman–Crippen MR) is 244 cm³/mol. The molecule has 0 spiro atoms. The first-order chi connectivity index (χ1) is 29.2. The zero-order chi connectivity index (χ0) is 38.9. The molecule has 9 aromatic carbocycles. The third-order valence-electron chi connectivity index (χ3n) is 11.7. The van der Waals surface area contributed by atoms with E-state index in [9.17, 15) is 0 Å². The van der Waals surface area contributed by atoms with Crippen LogP contribution in [0.2, 0.25) is 0 Å². The first-order valence-corrected chi connectivity index (χ1v) is 19.9. The molecule has 12 rings (SSSR count). The lowest BCUT2D eigenvalue weighted by atomic mass is 9.92. The van der Waals surface area contributed by atoms with Gasteiger partial charge in [0.05, 0.1) is 28.0 Å². The number of nitrogens with zero attached hydrogens (tertiary/aromatic N) is 3. The molecule has 4 heteroatoms. The molecule has 0 fully saturated rings. The van der Waals surface area contributed by atoms with E-state index >= 15 is 0 Å². The van der Waals surface area contributed by atoms with E-state index in [1.54, 1.807) is 0 Å². The molecule has 0 atom stereocenters. The van der Waals surface area contributed by atoms with Crippen molar-refractivity contribution >= 4 is 65.2 Å². The van der Waals surface area contributed by atoms with E-state index in [1.165, 1.54) is 37.9 Å². The average Bonchev–Trinajstić information content (AvgIpc) is 3.72. The summed E-state index contributed by atoms with van der Waals surface area (Å²) in [6.45, 7) is 0. The summed E-state index contributed by atoms with van der Waals surface area (Å²) in [5.41, 5.74) is 11.4. The minimum atomic E-state index is 0.671. The Morgan fingerprint density at radius 3 is 1.49 bits per heavy atom. The Morgan fingerprint density at radius 1 is 0.305 bits per heavy atom. The maximum atomic E-state index is 6.80. The number of pyridine rings is 1. The highest BCUT2D eigenvalue weighted by Crippen LogP contribution is 2.43. The molecule has 3 aromatic heterocycles. The minimum absolute atomic E-state index is 0.671. The number of aromatic nitrogens is 3. The largest absolute Gasteiger partial charge is 0.455 e. The molecule has 0 unspecified atom stereocenters. The molecule has 0 saturated heterocycles. The van der Waals surface area contributed by atoms with Crippen LogP contribution in [0.5, 0.6) is 0 Å². The number of para-hydroxylation sites is 1. The Kier molecular flexibility index (Phi) is 7.50. The van der Waals surface area contributed by atoms with E-state index in [1.807, 2.05) is 36.4 Å². The second-order valence-corrected chi connectivity index (χ2v) is 15.1. The number of hydrogen-bond donors (Lipinski definition) is 0. The summed E-state index contributed by atoms with van der Waals surface area (Å²) >= 11 is 0. The van der Waals surface area contributed by atoms with Crippen LogP contribution in [0.1, 0.15) is 0 Å². The van der Waals surface area contributed by atoms with Crippen molar-refractivity contribution < 1.29 is 4.42 Å². The number of fused-ring (bicyclic) bond motifs is 11. The molecule has 0 aliphatic heterocycles. The van der Waals surface area contributed by atoms with Gasteiger partial charge in [-0.2, -0.15) is 0 Å². The maximum absolute atomic E-state index is 6.80. The number of hydrogen-bond acceptors (Lipinski definition) is 4. The van der Waals surface area contributed by atoms with Crippen LogP contribution in [0, 0.1) is 0 Å². The lowest BCUT2D eigenvalue weighted by molar-refractivity contribution is 0.672. The first kappa shape index (κ1) is 33.2. The lowest BCUT2D eigenvalue weighted by Crippen LogP contribution is -1.96. The molecule has 12 aromatic rings. The number of furan rings is 1. The van der Waals surface area contributed by atoms with Gasteiger partial charge in [0.1, 0.15) is 11.2 Å². The van der Waals surface area contributed by atoms with E-state index in [2.05, 4.69) is 164 Å². The molecule has 4 nitrogen and oxygen atoms in total. The number of benzene rings is 9. The van der Waals surface area contributed by atoms with Gasteiger partial charge < -0.3 is 4.42 Å². The molecule has 59 heavy (non-hydrogen) atoms. The van der Waals surface area contributed by atoms with Gasteiger partial charge in [0.2, 0.25) is 0 Å². The van der Waals surface area contributed by atoms with Crippen molar-refractivity contribution in [2.75, 3.05) is 0 Å².